The molecular formula is C17H12Cl2N2O4. The zero-order valence-corrected chi connectivity index (χ0v) is 14.4. The molecule has 2 aromatic rings. The maximum Gasteiger partial charge on any atom is 0.282 e. The van der Waals surface area contributed by atoms with Crippen LogP contribution in [0.25, 0.3) is 6.08 Å². The Kier molecular flexibility index (Phi) is 4.57. The van der Waals surface area contributed by atoms with Gasteiger partial charge in [0.2, 0.25) is 0 Å². The van der Waals surface area contributed by atoms with Crippen LogP contribution in [0.2, 0.25) is 10.0 Å². The largest absolute Gasteiger partial charge is 0.504 e. The van der Waals surface area contributed by atoms with Crippen molar-refractivity contribution in [2.75, 3.05) is 12.1 Å². The normalized spacial score (nSPS) is 15.6. The van der Waals surface area contributed by atoms with Gasteiger partial charge in [0, 0.05) is 21.7 Å². The minimum atomic E-state index is -0.608. The summed E-state index contributed by atoms with van der Waals surface area (Å²) in [6.45, 7) is 0. The highest BCUT2D eigenvalue weighted by Gasteiger charge is 2.34. The molecule has 0 radical (unpaired) electrons. The first-order chi connectivity index (χ1) is 11.9. The van der Waals surface area contributed by atoms with E-state index in [1.54, 1.807) is 24.3 Å². The molecule has 0 unspecified atom stereocenters. The fourth-order valence-electron chi connectivity index (χ4n) is 2.37. The molecule has 1 aliphatic rings. The lowest BCUT2D eigenvalue weighted by Gasteiger charge is -2.14. The number of hydrogen-bond acceptors (Lipinski definition) is 4. The summed E-state index contributed by atoms with van der Waals surface area (Å²) < 4.78 is 5.01. The second-order valence-corrected chi connectivity index (χ2v) is 6.04. The van der Waals surface area contributed by atoms with Gasteiger partial charge in [-0.05, 0) is 30.3 Å². The molecule has 1 fully saturated rings. The summed E-state index contributed by atoms with van der Waals surface area (Å²) in [6, 6.07) is 9.34. The Labute approximate surface area is 153 Å². The Morgan fingerprint density at radius 1 is 1.16 bits per heavy atom. The van der Waals surface area contributed by atoms with Crippen LogP contribution >= 0.6 is 23.2 Å². The summed E-state index contributed by atoms with van der Waals surface area (Å²) >= 11 is 11.9. The van der Waals surface area contributed by atoms with Gasteiger partial charge in [-0.3, -0.25) is 15.0 Å². The van der Waals surface area contributed by atoms with Crippen LogP contribution in [-0.4, -0.2) is 24.0 Å². The Bertz CT molecular complexity index is 912. The molecule has 0 aliphatic carbocycles. The maximum absolute atomic E-state index is 12.6. The average molecular weight is 379 g/mol. The quantitative estimate of drug-likeness (QED) is 0.634. The van der Waals surface area contributed by atoms with Crippen LogP contribution in [0.15, 0.2) is 42.0 Å². The van der Waals surface area contributed by atoms with Crippen molar-refractivity contribution in [3.05, 3.63) is 57.6 Å². The number of hydrogen-bond donors (Lipinski definition) is 2. The van der Waals surface area contributed by atoms with Crippen LogP contribution < -0.4 is 15.2 Å². The van der Waals surface area contributed by atoms with E-state index in [1.165, 1.54) is 25.3 Å². The molecule has 0 spiro atoms. The Balaban J connectivity index is 2.01. The Hall–Kier alpha value is -2.70. The van der Waals surface area contributed by atoms with Crippen molar-refractivity contribution in [1.82, 2.24) is 5.43 Å². The van der Waals surface area contributed by atoms with E-state index in [9.17, 15) is 14.7 Å². The highest BCUT2D eigenvalue weighted by molar-refractivity contribution is 6.33. The molecule has 1 saturated heterocycles. The predicted molar refractivity (Wildman–Crippen MR) is 94.7 cm³/mol. The first kappa shape index (κ1) is 17.1. The smallest absolute Gasteiger partial charge is 0.282 e. The number of nitrogens with zero attached hydrogens (tertiary/aromatic N) is 1. The number of methoxy groups -OCH3 is 1. The lowest BCUT2D eigenvalue weighted by Crippen LogP contribution is -2.35. The number of amides is 2. The zero-order chi connectivity index (χ0) is 18.1. The monoisotopic (exact) mass is 378 g/mol. The lowest BCUT2D eigenvalue weighted by molar-refractivity contribution is -0.117. The second-order valence-electron chi connectivity index (χ2n) is 5.17. The number of carbonyl (C=O) groups is 2. The standard InChI is InChI=1S/C17H12Cl2N2O4/c1-25-14-8-11(19)5-9(15(14)22)6-13-16(23)20-21(17(13)24)12-4-2-3-10(18)7-12/h2-8,22H,1H3,(H,20,23). The molecule has 2 amide bonds. The molecule has 6 nitrogen and oxygen atoms in total. The summed E-state index contributed by atoms with van der Waals surface area (Å²) in [4.78, 5) is 24.8. The lowest BCUT2D eigenvalue weighted by atomic mass is 10.1. The molecule has 8 heteroatoms. The van der Waals surface area contributed by atoms with Gasteiger partial charge in [-0.15, -0.1) is 0 Å². The average Bonchev–Trinajstić information content (AvgIpc) is 2.86. The summed E-state index contributed by atoms with van der Waals surface area (Å²) in [6.07, 6.45) is 1.26. The molecule has 128 valence electrons. The number of carbonyl (C=O) groups excluding carboxylic acids is 2. The van der Waals surface area contributed by atoms with Crippen LogP contribution in [0, 0.1) is 0 Å². The molecule has 2 aromatic carbocycles. The molecule has 0 saturated carbocycles. The fourth-order valence-corrected chi connectivity index (χ4v) is 2.77. The zero-order valence-electron chi connectivity index (χ0n) is 12.9. The first-order valence-electron chi connectivity index (χ1n) is 7.10. The maximum atomic E-state index is 12.6. The van der Waals surface area contributed by atoms with E-state index in [2.05, 4.69) is 5.43 Å². The Morgan fingerprint density at radius 2 is 1.92 bits per heavy atom. The number of phenolic OH excluding ortho intramolecular Hbond substituents is 1. The number of hydrazine groups is 1. The van der Waals surface area contributed by atoms with Gasteiger partial charge in [0.05, 0.1) is 12.8 Å². The first-order valence-corrected chi connectivity index (χ1v) is 7.85. The molecule has 0 atom stereocenters. The van der Waals surface area contributed by atoms with Gasteiger partial charge in [0.1, 0.15) is 5.57 Å². The second kappa shape index (κ2) is 6.66. The predicted octanol–water partition coefficient (Wildman–Crippen LogP) is 3.17. The molecule has 25 heavy (non-hydrogen) atoms. The highest BCUT2D eigenvalue weighted by Crippen LogP contribution is 2.35. The van der Waals surface area contributed by atoms with Crippen molar-refractivity contribution in [2.24, 2.45) is 0 Å². The summed E-state index contributed by atoms with van der Waals surface area (Å²) in [5.74, 6) is -1.27. The number of aromatic hydroxyl groups is 1. The van der Waals surface area contributed by atoms with Gasteiger partial charge in [0.25, 0.3) is 11.8 Å². The van der Waals surface area contributed by atoms with E-state index in [1.807, 2.05) is 0 Å². The van der Waals surface area contributed by atoms with E-state index in [-0.39, 0.29) is 22.6 Å². The van der Waals surface area contributed by atoms with Crippen molar-refractivity contribution >= 4 is 46.8 Å². The number of anilines is 1. The van der Waals surface area contributed by atoms with Crippen molar-refractivity contribution in [3.8, 4) is 11.5 Å². The van der Waals surface area contributed by atoms with Crippen molar-refractivity contribution in [3.63, 3.8) is 0 Å². The third-order valence-corrected chi connectivity index (χ3v) is 4.00. The molecule has 1 aliphatic heterocycles. The van der Waals surface area contributed by atoms with E-state index >= 15 is 0 Å². The van der Waals surface area contributed by atoms with Crippen LogP contribution in [0.5, 0.6) is 11.5 Å². The van der Waals surface area contributed by atoms with Crippen LogP contribution in [0.4, 0.5) is 5.69 Å². The van der Waals surface area contributed by atoms with Gasteiger partial charge in [-0.25, -0.2) is 5.01 Å². The summed E-state index contributed by atoms with van der Waals surface area (Å²) in [5, 5.41) is 12.0. The summed E-state index contributed by atoms with van der Waals surface area (Å²) in [7, 11) is 1.37. The molecule has 1 heterocycles. The summed E-state index contributed by atoms with van der Waals surface area (Å²) in [5.41, 5.74) is 2.91. The third-order valence-electron chi connectivity index (χ3n) is 3.55. The molecule has 0 bridgehead atoms. The third kappa shape index (κ3) is 3.26. The van der Waals surface area contributed by atoms with E-state index < -0.39 is 11.8 Å². The van der Waals surface area contributed by atoms with Gasteiger partial charge < -0.3 is 9.84 Å². The molecule has 0 aromatic heterocycles. The number of benzene rings is 2. The minimum Gasteiger partial charge on any atom is -0.504 e. The number of phenols is 1. The van der Waals surface area contributed by atoms with E-state index in [0.29, 0.717) is 15.7 Å². The fraction of sp³-hybridized carbons (Fsp3) is 0.0588. The van der Waals surface area contributed by atoms with Crippen LogP contribution in [0.3, 0.4) is 0 Å². The minimum absolute atomic E-state index is 0.136. The highest BCUT2D eigenvalue weighted by atomic mass is 35.5. The topological polar surface area (TPSA) is 78.9 Å². The molecule has 3 rings (SSSR count). The van der Waals surface area contributed by atoms with Gasteiger partial charge in [0.15, 0.2) is 11.5 Å². The van der Waals surface area contributed by atoms with Crippen molar-refractivity contribution in [2.45, 2.75) is 0 Å². The van der Waals surface area contributed by atoms with E-state index in [0.717, 1.165) is 5.01 Å². The molecule has 2 N–H and O–H groups in total. The van der Waals surface area contributed by atoms with Crippen molar-refractivity contribution in [1.29, 1.82) is 0 Å². The SMILES string of the molecule is COc1cc(Cl)cc(C=C2C(=O)NN(c3cccc(Cl)c3)C2=O)c1O. The van der Waals surface area contributed by atoms with Gasteiger partial charge >= 0.3 is 0 Å². The number of nitrogens with one attached hydrogen (secondary N) is 1. The number of ether oxygens (including phenoxy) is 1. The molecular weight excluding hydrogens is 367 g/mol. The van der Waals surface area contributed by atoms with Crippen LogP contribution in [-0.2, 0) is 9.59 Å². The van der Waals surface area contributed by atoms with E-state index in [4.69, 9.17) is 27.9 Å². The van der Waals surface area contributed by atoms with Crippen molar-refractivity contribution < 1.29 is 19.4 Å². The van der Waals surface area contributed by atoms with Gasteiger partial charge in [-0.2, -0.15) is 0 Å². The van der Waals surface area contributed by atoms with Gasteiger partial charge in [-0.1, -0.05) is 29.3 Å². The number of rotatable bonds is 3. The Morgan fingerprint density at radius 3 is 2.60 bits per heavy atom. The number of halogens is 2. The van der Waals surface area contributed by atoms with Crippen LogP contribution in [0.1, 0.15) is 5.56 Å².